The zero-order chi connectivity index (χ0) is 41.4. The minimum absolute atomic E-state index is 0.00103. The second-order valence-corrected chi connectivity index (χ2v) is 14.5. The normalized spacial score (nSPS) is 14.1. The molecule has 0 fully saturated rings. The first kappa shape index (κ1) is 52.0. The van der Waals surface area contributed by atoms with Crippen molar-refractivity contribution in [3.05, 3.63) is 109 Å². The van der Waals surface area contributed by atoms with E-state index < -0.39 is 18.1 Å². The molecule has 0 aromatic heterocycles. The van der Waals surface area contributed by atoms with Gasteiger partial charge in [0.1, 0.15) is 12.6 Å². The van der Waals surface area contributed by atoms with E-state index in [9.17, 15) is 19.5 Å². The van der Waals surface area contributed by atoms with Crippen LogP contribution >= 0.6 is 0 Å². The van der Waals surface area contributed by atoms with E-state index in [4.69, 9.17) is 14.2 Å². The number of aliphatic carboxylic acids is 1. The van der Waals surface area contributed by atoms with Crippen LogP contribution in [0, 0.1) is 0 Å². The van der Waals surface area contributed by atoms with Crippen LogP contribution in [0.5, 0.6) is 0 Å². The Morgan fingerprint density at radius 3 is 1.38 bits per heavy atom. The number of carboxylic acid groups (broad SMARTS) is 1. The highest BCUT2D eigenvalue weighted by molar-refractivity contribution is 5.70. The summed E-state index contributed by atoms with van der Waals surface area (Å²) >= 11 is 0. The third-order valence-corrected chi connectivity index (χ3v) is 8.40. The van der Waals surface area contributed by atoms with Gasteiger partial charge in [-0.2, -0.15) is 0 Å². The fraction of sp³-hybridized carbons (Fsp3) is 0.562. The average Bonchev–Trinajstić information content (AvgIpc) is 3.15. The van der Waals surface area contributed by atoms with Crippen molar-refractivity contribution < 1.29 is 38.2 Å². The summed E-state index contributed by atoms with van der Waals surface area (Å²) in [6.07, 6.45) is 51.3. The summed E-state index contributed by atoms with van der Waals surface area (Å²) in [4.78, 5) is 36.7. The standard InChI is InChI=1S/C48H75NO7/c1-6-8-10-12-14-16-18-20-21-22-23-24-25-26-27-29-30-32-34-36-38-46(50)55-43-44(42-54-41-40-45(48(52)53)49(3,4)5)56-47(51)39-37-35-33-31-28-19-17-15-13-11-9-7-2/h8-11,14-17,20-21,23-24,26-28,30-32,44-45H,6-7,12-13,18-19,22,25,29,33-43H2,1-5H3/b10-8+,11-9+,16-14+,17-15+,21-20+,24-23+,27-26+,31-28+,32-30+. The third-order valence-electron chi connectivity index (χ3n) is 8.40. The number of carbonyl (C=O) groups is 3. The lowest BCUT2D eigenvalue weighted by Crippen LogP contribution is -2.55. The highest BCUT2D eigenvalue weighted by Gasteiger charge is 2.25. The number of allylic oxidation sites excluding steroid dienone is 18. The summed E-state index contributed by atoms with van der Waals surface area (Å²) in [6.45, 7) is 4.29. The fourth-order valence-corrected chi connectivity index (χ4v) is 5.21. The maximum atomic E-state index is 12.6. The van der Waals surface area contributed by atoms with Crippen LogP contribution < -0.4 is 5.11 Å². The molecule has 0 aromatic carbocycles. The number of unbranched alkanes of at least 4 members (excludes halogenated alkanes) is 3. The van der Waals surface area contributed by atoms with E-state index in [0.29, 0.717) is 12.8 Å². The van der Waals surface area contributed by atoms with Crippen LogP contribution in [0.4, 0.5) is 0 Å². The number of carbonyl (C=O) groups excluding carboxylic acids is 3. The molecular formula is C48H75NO7. The van der Waals surface area contributed by atoms with Gasteiger partial charge in [-0.05, 0) is 89.9 Å². The molecule has 0 aliphatic carbocycles. The van der Waals surface area contributed by atoms with Gasteiger partial charge in [0.15, 0.2) is 6.10 Å². The maximum Gasteiger partial charge on any atom is 0.306 e. The summed E-state index contributed by atoms with van der Waals surface area (Å²) in [5.41, 5.74) is 0. The van der Waals surface area contributed by atoms with Crippen LogP contribution in [0.25, 0.3) is 0 Å². The maximum absolute atomic E-state index is 12.6. The van der Waals surface area contributed by atoms with E-state index in [0.717, 1.165) is 77.0 Å². The molecule has 8 nitrogen and oxygen atoms in total. The van der Waals surface area contributed by atoms with Gasteiger partial charge in [0.2, 0.25) is 0 Å². The van der Waals surface area contributed by atoms with Gasteiger partial charge in [-0.25, -0.2) is 0 Å². The summed E-state index contributed by atoms with van der Waals surface area (Å²) in [6, 6.07) is -0.747. The minimum atomic E-state index is -1.15. The molecule has 2 atom stereocenters. The van der Waals surface area contributed by atoms with Gasteiger partial charge in [0.25, 0.3) is 0 Å². The Labute approximate surface area is 340 Å². The van der Waals surface area contributed by atoms with E-state index in [1.165, 1.54) is 0 Å². The second kappa shape index (κ2) is 37.9. The van der Waals surface area contributed by atoms with Crippen molar-refractivity contribution in [2.75, 3.05) is 41.0 Å². The number of rotatable bonds is 35. The summed E-state index contributed by atoms with van der Waals surface area (Å²) in [5.74, 6) is -1.88. The van der Waals surface area contributed by atoms with Crippen LogP contribution in [0.2, 0.25) is 0 Å². The predicted octanol–water partition coefficient (Wildman–Crippen LogP) is 9.96. The van der Waals surface area contributed by atoms with Crippen molar-refractivity contribution >= 4 is 17.9 Å². The lowest BCUT2D eigenvalue weighted by Gasteiger charge is -2.34. The van der Waals surface area contributed by atoms with Gasteiger partial charge in [-0.15, -0.1) is 0 Å². The molecule has 0 heterocycles. The molecule has 0 saturated carbocycles. The number of hydrogen-bond donors (Lipinski definition) is 0. The van der Waals surface area contributed by atoms with Crippen molar-refractivity contribution in [1.29, 1.82) is 0 Å². The van der Waals surface area contributed by atoms with Crippen molar-refractivity contribution in [3.63, 3.8) is 0 Å². The number of esters is 2. The third kappa shape index (κ3) is 35.7. The lowest BCUT2D eigenvalue weighted by molar-refractivity contribution is -0.889. The number of nitrogens with zero attached hydrogens (tertiary/aromatic N) is 1. The van der Waals surface area contributed by atoms with Gasteiger partial charge < -0.3 is 28.6 Å². The first-order chi connectivity index (χ1) is 27.1. The fourth-order valence-electron chi connectivity index (χ4n) is 5.21. The van der Waals surface area contributed by atoms with Gasteiger partial charge in [0, 0.05) is 19.3 Å². The first-order valence-electron chi connectivity index (χ1n) is 20.9. The van der Waals surface area contributed by atoms with Gasteiger partial charge in [0.05, 0.1) is 40.3 Å². The molecule has 2 unspecified atom stereocenters. The van der Waals surface area contributed by atoms with Crippen molar-refractivity contribution in [3.8, 4) is 0 Å². The van der Waals surface area contributed by atoms with Crippen LogP contribution in [0.15, 0.2) is 109 Å². The molecule has 0 bridgehead atoms. The van der Waals surface area contributed by atoms with Gasteiger partial charge in [-0.3, -0.25) is 9.59 Å². The van der Waals surface area contributed by atoms with Crippen molar-refractivity contribution in [2.24, 2.45) is 0 Å². The van der Waals surface area contributed by atoms with Crippen molar-refractivity contribution in [2.45, 2.75) is 135 Å². The molecule has 0 aliphatic heterocycles. The minimum Gasteiger partial charge on any atom is -0.544 e. The molecule has 314 valence electrons. The summed E-state index contributed by atoms with van der Waals surface area (Å²) in [7, 11) is 5.35. The molecule has 0 spiro atoms. The number of carboxylic acids is 1. The lowest BCUT2D eigenvalue weighted by atomic mass is 10.1. The molecule has 0 rings (SSSR count). The van der Waals surface area contributed by atoms with E-state index in [-0.39, 0.29) is 55.5 Å². The number of hydrogen-bond acceptors (Lipinski definition) is 7. The zero-order valence-corrected chi connectivity index (χ0v) is 35.5. The van der Waals surface area contributed by atoms with Gasteiger partial charge in [-0.1, -0.05) is 123 Å². The van der Waals surface area contributed by atoms with E-state index >= 15 is 0 Å². The molecule has 0 radical (unpaired) electrons. The topological polar surface area (TPSA) is 102 Å². The molecule has 8 heteroatoms. The molecule has 0 aliphatic rings. The Balaban J connectivity index is 4.52. The molecule has 56 heavy (non-hydrogen) atoms. The molecular weight excluding hydrogens is 703 g/mol. The second-order valence-electron chi connectivity index (χ2n) is 14.5. The number of likely N-dealkylation sites (N-methyl/N-ethyl adjacent to an activating group) is 1. The van der Waals surface area contributed by atoms with E-state index in [1.807, 2.05) is 0 Å². The first-order valence-corrected chi connectivity index (χ1v) is 20.9. The Morgan fingerprint density at radius 1 is 0.536 bits per heavy atom. The monoisotopic (exact) mass is 778 g/mol. The van der Waals surface area contributed by atoms with Crippen LogP contribution in [-0.2, 0) is 28.6 Å². The van der Waals surface area contributed by atoms with Gasteiger partial charge >= 0.3 is 11.9 Å². The Bertz CT molecular complexity index is 1280. The predicted molar refractivity (Wildman–Crippen MR) is 231 cm³/mol. The molecule has 0 amide bonds. The Hall–Kier alpha value is -4.01. The molecule has 0 aromatic rings. The van der Waals surface area contributed by atoms with Crippen LogP contribution in [0.3, 0.4) is 0 Å². The average molecular weight is 778 g/mol. The van der Waals surface area contributed by atoms with Crippen molar-refractivity contribution in [1.82, 2.24) is 0 Å². The summed E-state index contributed by atoms with van der Waals surface area (Å²) in [5, 5.41) is 11.6. The number of ether oxygens (including phenoxy) is 3. The highest BCUT2D eigenvalue weighted by atomic mass is 16.6. The zero-order valence-electron chi connectivity index (χ0n) is 35.5. The van der Waals surface area contributed by atoms with E-state index in [2.05, 4.69) is 123 Å². The Morgan fingerprint density at radius 2 is 0.946 bits per heavy atom. The molecule has 0 saturated heterocycles. The molecule has 0 N–H and O–H groups in total. The highest BCUT2D eigenvalue weighted by Crippen LogP contribution is 2.10. The van der Waals surface area contributed by atoms with Crippen LogP contribution in [0.1, 0.15) is 123 Å². The summed E-state index contributed by atoms with van der Waals surface area (Å²) < 4.78 is 17.0. The smallest absolute Gasteiger partial charge is 0.306 e. The van der Waals surface area contributed by atoms with E-state index in [1.54, 1.807) is 21.1 Å². The quantitative estimate of drug-likeness (QED) is 0.0273. The number of quaternary nitrogens is 1. The van der Waals surface area contributed by atoms with Crippen LogP contribution in [-0.4, -0.2) is 75.5 Å². The Kier molecular flexibility index (Phi) is 35.2. The SMILES string of the molecule is CC/C=C/C/C=C/C/C=C/C/C=C/C/C=C/C/C=C/CCCC(=O)OCC(COCCC(C(=O)[O-])[N+](C)(C)C)OC(=O)CCCC/C=C/C/C=C/C/C=C/CC. The largest absolute Gasteiger partial charge is 0.544 e.